The lowest BCUT2D eigenvalue weighted by molar-refractivity contribution is -0.144. The highest BCUT2D eigenvalue weighted by molar-refractivity contribution is 6.10. The van der Waals surface area contributed by atoms with Crippen molar-refractivity contribution in [2.45, 2.75) is 6.61 Å². The minimum absolute atomic E-state index is 0.0631. The van der Waals surface area contributed by atoms with Crippen LogP contribution < -0.4 is 11.5 Å². The molecule has 1 amide bonds. The summed E-state index contributed by atoms with van der Waals surface area (Å²) in [5, 5.41) is 0. The van der Waals surface area contributed by atoms with E-state index < -0.39 is 17.9 Å². The highest BCUT2D eigenvalue weighted by Gasteiger charge is 2.22. The molecule has 0 spiro atoms. The summed E-state index contributed by atoms with van der Waals surface area (Å²) in [4.78, 5) is 21.6. The van der Waals surface area contributed by atoms with Gasteiger partial charge >= 0.3 is 5.97 Å². The predicted molar refractivity (Wildman–Crippen MR) is 52.9 cm³/mol. The van der Waals surface area contributed by atoms with E-state index in [-0.39, 0.29) is 6.61 Å². The maximum Gasteiger partial charge on any atom is 0.339 e. The van der Waals surface area contributed by atoms with Crippen molar-refractivity contribution in [3.63, 3.8) is 0 Å². The van der Waals surface area contributed by atoms with Crippen LogP contribution in [0.5, 0.6) is 0 Å². The maximum atomic E-state index is 11.1. The molecule has 0 aliphatic carbocycles. The first-order valence-corrected chi connectivity index (χ1v) is 4.24. The second kappa shape index (κ2) is 5.11. The summed E-state index contributed by atoms with van der Waals surface area (Å²) < 4.78 is 4.75. The van der Waals surface area contributed by atoms with Gasteiger partial charge in [0.2, 0.25) is 6.04 Å². The Hall–Kier alpha value is -1.88. The fraction of sp³-hybridized carbons (Fsp3) is 0.100. The van der Waals surface area contributed by atoms with Crippen LogP contribution in [0.25, 0.3) is 0 Å². The number of hydrogen-bond acceptors (Lipinski definition) is 4. The molecule has 5 heteroatoms. The third kappa shape index (κ3) is 3.40. The number of esters is 1. The molecular formula is C10H11N2O3. The van der Waals surface area contributed by atoms with Gasteiger partial charge in [0.15, 0.2) is 0 Å². The first kappa shape index (κ1) is 11.2. The molecule has 5 nitrogen and oxygen atoms in total. The number of hydrogen-bond donors (Lipinski definition) is 2. The minimum atomic E-state index is -0.979. The van der Waals surface area contributed by atoms with Crippen LogP contribution in [0.2, 0.25) is 0 Å². The van der Waals surface area contributed by atoms with Crippen LogP contribution in [-0.4, -0.2) is 11.9 Å². The summed E-state index contributed by atoms with van der Waals surface area (Å²) in [6.45, 7) is 0.0631. The lowest BCUT2D eigenvalue weighted by Crippen LogP contribution is -2.36. The van der Waals surface area contributed by atoms with Crippen molar-refractivity contribution in [3.8, 4) is 0 Å². The van der Waals surface area contributed by atoms with Crippen LogP contribution in [0.4, 0.5) is 0 Å². The number of benzene rings is 1. The molecule has 0 aliphatic heterocycles. The van der Waals surface area contributed by atoms with Gasteiger partial charge in [-0.2, -0.15) is 0 Å². The number of nitrogens with two attached hydrogens (primary N) is 2. The average Bonchev–Trinajstić information content (AvgIpc) is 2.26. The predicted octanol–water partition coefficient (Wildman–Crippen LogP) is -0.294. The van der Waals surface area contributed by atoms with Gasteiger partial charge in [-0.05, 0) is 5.56 Å². The molecular weight excluding hydrogens is 196 g/mol. The monoisotopic (exact) mass is 207 g/mol. The zero-order valence-electron chi connectivity index (χ0n) is 7.97. The van der Waals surface area contributed by atoms with Crippen molar-refractivity contribution in [2.24, 2.45) is 11.5 Å². The van der Waals surface area contributed by atoms with E-state index in [1.807, 2.05) is 18.2 Å². The fourth-order valence-corrected chi connectivity index (χ4v) is 0.901. The Morgan fingerprint density at radius 1 is 1.13 bits per heavy atom. The van der Waals surface area contributed by atoms with Gasteiger partial charge in [0.1, 0.15) is 6.61 Å². The second-order valence-electron chi connectivity index (χ2n) is 2.84. The Morgan fingerprint density at radius 2 is 1.73 bits per heavy atom. The summed E-state index contributed by atoms with van der Waals surface area (Å²) in [7, 11) is 0. The molecule has 79 valence electrons. The quantitative estimate of drug-likeness (QED) is 0.523. The lowest BCUT2D eigenvalue weighted by atomic mass is 10.2. The van der Waals surface area contributed by atoms with Gasteiger partial charge in [-0.25, -0.2) is 4.79 Å². The lowest BCUT2D eigenvalue weighted by Gasteiger charge is -2.06. The highest BCUT2D eigenvalue weighted by atomic mass is 16.5. The van der Waals surface area contributed by atoms with E-state index in [0.29, 0.717) is 0 Å². The van der Waals surface area contributed by atoms with Crippen LogP contribution in [0.3, 0.4) is 0 Å². The topological polar surface area (TPSA) is 95.4 Å². The summed E-state index contributed by atoms with van der Waals surface area (Å²) >= 11 is 0. The maximum absolute atomic E-state index is 11.1. The van der Waals surface area contributed by atoms with Crippen LogP contribution in [-0.2, 0) is 20.9 Å². The molecule has 1 aromatic rings. The zero-order valence-corrected chi connectivity index (χ0v) is 7.97. The van der Waals surface area contributed by atoms with Crippen LogP contribution in [0.1, 0.15) is 5.56 Å². The van der Waals surface area contributed by atoms with Gasteiger partial charge in [-0.15, -0.1) is 0 Å². The number of rotatable bonds is 4. The largest absolute Gasteiger partial charge is 0.459 e. The number of ether oxygens (including phenoxy) is 1. The molecule has 0 saturated carbocycles. The van der Waals surface area contributed by atoms with E-state index in [2.05, 4.69) is 0 Å². The molecule has 0 unspecified atom stereocenters. The SMILES string of the molecule is N[C](C(N)=O)C(=O)OCc1ccccc1. The molecule has 1 aromatic carbocycles. The van der Waals surface area contributed by atoms with Gasteiger partial charge in [0.05, 0.1) is 0 Å². The Bertz CT molecular complexity index is 351. The summed E-state index contributed by atoms with van der Waals surface area (Å²) in [5.74, 6) is -1.88. The molecule has 0 aromatic heterocycles. The van der Waals surface area contributed by atoms with Crippen molar-refractivity contribution in [1.29, 1.82) is 0 Å². The van der Waals surface area contributed by atoms with Gasteiger partial charge in [-0.1, -0.05) is 30.3 Å². The second-order valence-corrected chi connectivity index (χ2v) is 2.84. The molecule has 0 bridgehead atoms. The van der Waals surface area contributed by atoms with Crippen molar-refractivity contribution in [2.75, 3.05) is 0 Å². The number of amides is 1. The smallest absolute Gasteiger partial charge is 0.339 e. The molecule has 0 atom stereocenters. The van der Waals surface area contributed by atoms with Crippen molar-refractivity contribution < 1.29 is 14.3 Å². The van der Waals surface area contributed by atoms with Crippen molar-refractivity contribution in [1.82, 2.24) is 0 Å². The number of carbonyl (C=O) groups excluding carboxylic acids is 2. The van der Waals surface area contributed by atoms with Crippen molar-refractivity contribution >= 4 is 11.9 Å². The van der Waals surface area contributed by atoms with E-state index in [1.54, 1.807) is 12.1 Å². The van der Waals surface area contributed by atoms with Crippen LogP contribution in [0.15, 0.2) is 30.3 Å². The van der Waals surface area contributed by atoms with E-state index in [4.69, 9.17) is 16.2 Å². The van der Waals surface area contributed by atoms with Crippen LogP contribution >= 0.6 is 0 Å². The molecule has 15 heavy (non-hydrogen) atoms. The highest BCUT2D eigenvalue weighted by Crippen LogP contribution is 2.02. The standard InChI is InChI=1S/C10H11N2O3/c11-8(9(12)13)10(14)15-6-7-4-2-1-3-5-7/h1-5H,6,11H2,(H2,12,13). The minimum Gasteiger partial charge on any atom is -0.459 e. The molecule has 0 aliphatic rings. The van der Waals surface area contributed by atoms with E-state index >= 15 is 0 Å². The first-order valence-electron chi connectivity index (χ1n) is 4.24. The number of carbonyl (C=O) groups is 2. The molecule has 4 N–H and O–H groups in total. The summed E-state index contributed by atoms with van der Waals surface area (Å²) in [5.41, 5.74) is 10.7. The van der Waals surface area contributed by atoms with Gasteiger partial charge in [0.25, 0.3) is 5.91 Å². The third-order valence-corrected chi connectivity index (χ3v) is 1.70. The molecule has 1 rings (SSSR count). The van der Waals surface area contributed by atoms with Gasteiger partial charge < -0.3 is 16.2 Å². The normalized spacial score (nSPS) is 10.0. The Kier molecular flexibility index (Phi) is 3.82. The van der Waals surface area contributed by atoms with Crippen LogP contribution in [0, 0.1) is 6.04 Å². The third-order valence-electron chi connectivity index (χ3n) is 1.70. The fourth-order valence-electron chi connectivity index (χ4n) is 0.901. The Labute approximate surface area is 87.0 Å². The van der Waals surface area contributed by atoms with E-state index in [0.717, 1.165) is 5.56 Å². The Balaban J connectivity index is 2.44. The molecule has 0 fully saturated rings. The average molecular weight is 207 g/mol. The van der Waals surface area contributed by atoms with E-state index in [9.17, 15) is 9.59 Å². The Morgan fingerprint density at radius 3 is 2.27 bits per heavy atom. The molecule has 0 heterocycles. The molecule has 1 radical (unpaired) electrons. The van der Waals surface area contributed by atoms with Crippen molar-refractivity contribution in [3.05, 3.63) is 41.9 Å². The van der Waals surface area contributed by atoms with Gasteiger partial charge in [0, 0.05) is 0 Å². The molecule has 0 saturated heterocycles. The first-order chi connectivity index (χ1) is 7.11. The zero-order chi connectivity index (χ0) is 11.3. The summed E-state index contributed by atoms with van der Waals surface area (Å²) in [6, 6.07) is 8.44. The van der Waals surface area contributed by atoms with E-state index in [1.165, 1.54) is 0 Å². The van der Waals surface area contributed by atoms with Gasteiger partial charge in [-0.3, -0.25) is 4.79 Å². The number of primary amides is 1. The summed E-state index contributed by atoms with van der Waals surface area (Å²) in [6.07, 6.45) is 0.